The van der Waals surface area contributed by atoms with Crippen molar-refractivity contribution in [3.8, 4) is 11.6 Å². The van der Waals surface area contributed by atoms with E-state index in [1.165, 1.54) is 0 Å². The van der Waals surface area contributed by atoms with Gasteiger partial charge < -0.3 is 14.6 Å². The van der Waals surface area contributed by atoms with E-state index in [1.54, 1.807) is 6.20 Å². The Morgan fingerprint density at radius 3 is 2.71 bits per heavy atom. The molecule has 1 N–H and O–H groups in total. The summed E-state index contributed by atoms with van der Waals surface area (Å²) in [5, 5.41) is 9.46. The Balaban J connectivity index is 1.29. The number of hydrogen-bond acceptors (Lipinski definition) is 4. The summed E-state index contributed by atoms with van der Waals surface area (Å²) in [6.07, 6.45) is 6.13. The molecule has 2 fully saturated rings. The first kappa shape index (κ1) is 18.8. The van der Waals surface area contributed by atoms with Crippen molar-refractivity contribution in [3.63, 3.8) is 0 Å². The molecule has 0 bridgehead atoms. The van der Waals surface area contributed by atoms with E-state index in [4.69, 9.17) is 9.47 Å². The molecule has 5 nitrogen and oxygen atoms in total. The van der Waals surface area contributed by atoms with Gasteiger partial charge in [0.1, 0.15) is 11.9 Å². The van der Waals surface area contributed by atoms with Gasteiger partial charge in [0.15, 0.2) is 0 Å². The van der Waals surface area contributed by atoms with E-state index in [0.29, 0.717) is 24.3 Å². The molecule has 1 aromatic heterocycles. The second-order valence-electron chi connectivity index (χ2n) is 8.12. The molecule has 0 spiro atoms. The smallest absolute Gasteiger partial charge is 0.306 e. The molecular weight excluding hydrogens is 354 g/mol. The predicted octanol–water partition coefficient (Wildman–Crippen LogP) is 4.53. The standard InChI is InChI=1S/C23H27NO4/c1-15(23(25)26)22(17-8-9-17)18-5-4-6-19(13-18)27-14-16-11-20(12-16)28-21-7-2-3-10-24-21/h2-7,10,13,15-17,20,22H,8-9,11-12,14H2,1H3,(H,25,26)/t15-,16?,20?,22+/m0/s1. The minimum Gasteiger partial charge on any atom is -0.493 e. The van der Waals surface area contributed by atoms with Crippen LogP contribution in [0, 0.1) is 17.8 Å². The zero-order valence-electron chi connectivity index (χ0n) is 16.2. The molecule has 1 aromatic carbocycles. The van der Waals surface area contributed by atoms with Gasteiger partial charge in [0, 0.05) is 12.3 Å². The highest BCUT2D eigenvalue weighted by molar-refractivity contribution is 5.71. The van der Waals surface area contributed by atoms with Crippen molar-refractivity contribution in [2.75, 3.05) is 6.61 Å². The molecule has 2 aliphatic rings. The number of pyridine rings is 1. The van der Waals surface area contributed by atoms with E-state index in [0.717, 1.165) is 37.0 Å². The number of ether oxygens (including phenoxy) is 2. The van der Waals surface area contributed by atoms with Gasteiger partial charge in [0.2, 0.25) is 5.88 Å². The van der Waals surface area contributed by atoms with E-state index < -0.39 is 5.97 Å². The predicted molar refractivity (Wildman–Crippen MR) is 106 cm³/mol. The first-order valence-electron chi connectivity index (χ1n) is 10.1. The fraction of sp³-hybridized carbons (Fsp3) is 0.478. The van der Waals surface area contributed by atoms with Crippen LogP contribution in [0.3, 0.4) is 0 Å². The van der Waals surface area contributed by atoms with Crippen molar-refractivity contribution in [2.45, 2.75) is 44.6 Å². The van der Waals surface area contributed by atoms with Crippen LogP contribution in [0.2, 0.25) is 0 Å². The SMILES string of the molecule is C[C@H](C(=O)O)[C@@H](c1cccc(OCC2CC(Oc3ccccn3)C2)c1)C1CC1. The lowest BCUT2D eigenvalue weighted by Gasteiger charge is -2.34. The Morgan fingerprint density at radius 1 is 1.21 bits per heavy atom. The van der Waals surface area contributed by atoms with Crippen LogP contribution in [0.1, 0.15) is 44.1 Å². The third-order valence-corrected chi connectivity index (χ3v) is 5.90. The number of aromatic nitrogens is 1. The van der Waals surface area contributed by atoms with Gasteiger partial charge in [-0.15, -0.1) is 0 Å². The van der Waals surface area contributed by atoms with Crippen LogP contribution in [0.5, 0.6) is 11.6 Å². The van der Waals surface area contributed by atoms with Crippen LogP contribution in [-0.2, 0) is 4.79 Å². The maximum atomic E-state index is 11.5. The quantitative estimate of drug-likeness (QED) is 0.691. The molecule has 5 heteroatoms. The zero-order valence-corrected chi connectivity index (χ0v) is 16.2. The second kappa shape index (κ2) is 8.21. The Bertz CT molecular complexity index is 799. The molecule has 0 amide bonds. The molecule has 2 atom stereocenters. The summed E-state index contributed by atoms with van der Waals surface area (Å²) in [7, 11) is 0. The molecule has 0 radical (unpaired) electrons. The number of hydrogen-bond donors (Lipinski definition) is 1. The summed E-state index contributed by atoms with van der Waals surface area (Å²) in [5.41, 5.74) is 1.08. The average molecular weight is 381 g/mol. The normalized spacial score (nSPS) is 23.3. The summed E-state index contributed by atoms with van der Waals surface area (Å²) in [6, 6.07) is 13.7. The van der Waals surface area contributed by atoms with Crippen molar-refractivity contribution in [1.29, 1.82) is 0 Å². The molecule has 2 saturated carbocycles. The molecular formula is C23H27NO4. The van der Waals surface area contributed by atoms with Crippen LogP contribution >= 0.6 is 0 Å². The highest BCUT2D eigenvalue weighted by atomic mass is 16.5. The minimum absolute atomic E-state index is 0.0703. The molecule has 0 aliphatic heterocycles. The second-order valence-corrected chi connectivity index (χ2v) is 8.12. The van der Waals surface area contributed by atoms with E-state index in [2.05, 4.69) is 4.98 Å². The Labute approximate surface area is 165 Å². The van der Waals surface area contributed by atoms with Gasteiger partial charge in [-0.3, -0.25) is 4.79 Å². The van der Waals surface area contributed by atoms with Crippen LogP contribution in [0.4, 0.5) is 0 Å². The number of aliphatic carboxylic acids is 1. The number of carbonyl (C=O) groups is 1. The lowest BCUT2D eigenvalue weighted by atomic mass is 9.82. The van der Waals surface area contributed by atoms with Gasteiger partial charge >= 0.3 is 5.97 Å². The zero-order chi connectivity index (χ0) is 19.5. The third-order valence-electron chi connectivity index (χ3n) is 5.90. The maximum Gasteiger partial charge on any atom is 0.306 e. The molecule has 0 saturated heterocycles. The fourth-order valence-corrected chi connectivity index (χ4v) is 4.10. The summed E-state index contributed by atoms with van der Waals surface area (Å²) >= 11 is 0. The van der Waals surface area contributed by atoms with Gasteiger partial charge in [0.05, 0.1) is 12.5 Å². The van der Waals surface area contributed by atoms with E-state index in [9.17, 15) is 9.90 Å². The first-order chi connectivity index (χ1) is 13.6. The van der Waals surface area contributed by atoms with Crippen LogP contribution in [0.15, 0.2) is 48.7 Å². The van der Waals surface area contributed by atoms with Crippen LogP contribution < -0.4 is 9.47 Å². The number of rotatable bonds is 9. The van der Waals surface area contributed by atoms with Gasteiger partial charge in [0.25, 0.3) is 0 Å². The monoisotopic (exact) mass is 381 g/mol. The van der Waals surface area contributed by atoms with Crippen LogP contribution in [0.25, 0.3) is 0 Å². The molecule has 2 aliphatic carbocycles. The number of carboxylic acids is 1. The van der Waals surface area contributed by atoms with E-state index in [-0.39, 0.29) is 17.9 Å². The molecule has 148 valence electrons. The Hall–Kier alpha value is -2.56. The number of nitrogens with zero attached hydrogens (tertiary/aromatic N) is 1. The molecule has 0 unspecified atom stereocenters. The Kier molecular flexibility index (Phi) is 5.51. The van der Waals surface area contributed by atoms with E-state index >= 15 is 0 Å². The largest absolute Gasteiger partial charge is 0.493 e. The van der Waals surface area contributed by atoms with Crippen LogP contribution in [-0.4, -0.2) is 28.8 Å². The highest BCUT2D eigenvalue weighted by Gasteiger charge is 2.38. The highest BCUT2D eigenvalue weighted by Crippen LogP contribution is 2.47. The summed E-state index contributed by atoms with van der Waals surface area (Å²) in [4.78, 5) is 15.7. The number of carboxylic acid groups (broad SMARTS) is 1. The van der Waals surface area contributed by atoms with Gasteiger partial charge in [-0.05, 0) is 67.2 Å². The fourth-order valence-electron chi connectivity index (χ4n) is 4.10. The number of benzene rings is 1. The summed E-state index contributed by atoms with van der Waals surface area (Å²) < 4.78 is 11.9. The molecule has 1 heterocycles. The lowest BCUT2D eigenvalue weighted by Crippen LogP contribution is -2.37. The first-order valence-corrected chi connectivity index (χ1v) is 10.1. The average Bonchev–Trinajstić information content (AvgIpc) is 3.49. The minimum atomic E-state index is -0.725. The van der Waals surface area contributed by atoms with Crippen molar-refractivity contribution in [2.24, 2.45) is 17.8 Å². The topological polar surface area (TPSA) is 68.7 Å². The summed E-state index contributed by atoms with van der Waals surface area (Å²) in [5.74, 6) is 1.44. The maximum absolute atomic E-state index is 11.5. The third kappa shape index (κ3) is 4.46. The van der Waals surface area contributed by atoms with Crippen molar-refractivity contribution >= 4 is 5.97 Å². The van der Waals surface area contributed by atoms with Crippen molar-refractivity contribution in [3.05, 3.63) is 54.2 Å². The van der Waals surface area contributed by atoms with Crippen molar-refractivity contribution < 1.29 is 19.4 Å². The molecule has 28 heavy (non-hydrogen) atoms. The Morgan fingerprint density at radius 2 is 2.04 bits per heavy atom. The van der Waals surface area contributed by atoms with Gasteiger partial charge in [-0.25, -0.2) is 4.98 Å². The lowest BCUT2D eigenvalue weighted by molar-refractivity contribution is -0.142. The molecule has 2 aromatic rings. The van der Waals surface area contributed by atoms with Gasteiger partial charge in [-0.1, -0.05) is 25.1 Å². The van der Waals surface area contributed by atoms with E-state index in [1.807, 2.05) is 49.4 Å². The summed E-state index contributed by atoms with van der Waals surface area (Å²) in [6.45, 7) is 2.48. The van der Waals surface area contributed by atoms with Gasteiger partial charge in [-0.2, -0.15) is 0 Å². The molecule has 4 rings (SSSR count). The van der Waals surface area contributed by atoms with Crippen molar-refractivity contribution in [1.82, 2.24) is 4.98 Å².